The largest absolute Gasteiger partial charge is 0.420 e. The topological polar surface area (TPSA) is 85.7 Å². The molecule has 3 aromatic rings. The van der Waals surface area contributed by atoms with Crippen LogP contribution in [0.3, 0.4) is 0 Å². The van der Waals surface area contributed by atoms with E-state index in [2.05, 4.69) is 10.00 Å². The summed E-state index contributed by atoms with van der Waals surface area (Å²) in [5.41, 5.74) is 2.06. The number of para-hydroxylation sites is 2. The summed E-state index contributed by atoms with van der Waals surface area (Å²) in [4.78, 5) is 30.2. The predicted molar refractivity (Wildman–Crippen MR) is 118 cm³/mol. The van der Waals surface area contributed by atoms with Crippen LogP contribution in [0.1, 0.15) is 30.9 Å². The smallest absolute Gasteiger partial charge is 0.408 e. The molecule has 0 radical (unpaired) electrons. The minimum Gasteiger partial charge on any atom is -0.408 e. The third kappa shape index (κ3) is 4.10. The Morgan fingerprint density at radius 3 is 2.75 bits per heavy atom. The highest BCUT2D eigenvalue weighted by atomic mass is 16.5. The molecule has 0 N–H and O–H groups in total. The molecule has 32 heavy (non-hydrogen) atoms. The molecule has 4 heterocycles. The summed E-state index contributed by atoms with van der Waals surface area (Å²) < 4.78 is 14.7. The van der Waals surface area contributed by atoms with Gasteiger partial charge in [-0.2, -0.15) is 5.10 Å². The lowest BCUT2D eigenvalue weighted by atomic mass is 9.99. The van der Waals surface area contributed by atoms with Crippen LogP contribution in [0, 0.1) is 0 Å². The summed E-state index contributed by atoms with van der Waals surface area (Å²) in [5, 5.41) is 4.34. The number of amides is 1. The fraction of sp³-hybridized carbons (Fsp3) is 0.522. The van der Waals surface area contributed by atoms with Crippen LogP contribution in [0.2, 0.25) is 0 Å². The molecule has 170 valence electrons. The number of carbonyl (C=O) groups is 1. The summed E-state index contributed by atoms with van der Waals surface area (Å²) >= 11 is 0. The Morgan fingerprint density at radius 2 is 1.97 bits per heavy atom. The van der Waals surface area contributed by atoms with Gasteiger partial charge in [0.25, 0.3) is 0 Å². The molecule has 0 spiro atoms. The van der Waals surface area contributed by atoms with E-state index in [-0.39, 0.29) is 24.6 Å². The van der Waals surface area contributed by atoms with Gasteiger partial charge in [0.15, 0.2) is 5.58 Å². The summed E-state index contributed by atoms with van der Waals surface area (Å²) in [6.07, 6.45) is 7.27. The minimum absolute atomic E-state index is 0.0664. The van der Waals surface area contributed by atoms with E-state index in [1.807, 2.05) is 36.5 Å². The molecule has 2 aliphatic rings. The molecule has 2 atom stereocenters. The van der Waals surface area contributed by atoms with E-state index in [0.717, 1.165) is 25.2 Å². The number of nitrogens with zero attached hydrogens (tertiary/aromatic N) is 5. The third-order valence-electron chi connectivity index (χ3n) is 6.49. The van der Waals surface area contributed by atoms with Crippen molar-refractivity contribution in [3.8, 4) is 0 Å². The highest BCUT2D eigenvalue weighted by Gasteiger charge is 2.38. The van der Waals surface area contributed by atoms with Crippen molar-refractivity contribution in [1.82, 2.24) is 24.1 Å². The van der Waals surface area contributed by atoms with E-state index in [9.17, 15) is 9.59 Å². The molecule has 9 nitrogen and oxygen atoms in total. The summed E-state index contributed by atoms with van der Waals surface area (Å²) in [7, 11) is 1.87. The lowest BCUT2D eigenvalue weighted by Crippen LogP contribution is -2.53. The maximum Gasteiger partial charge on any atom is 0.420 e. The molecule has 2 aliphatic heterocycles. The molecule has 2 fully saturated rings. The number of morpholine rings is 1. The number of hydrogen-bond donors (Lipinski definition) is 0. The average molecular weight is 440 g/mol. The van der Waals surface area contributed by atoms with Gasteiger partial charge in [-0.1, -0.05) is 18.6 Å². The SMILES string of the molecule is Cn1cc([C@H]2[C@H](CN3CCCCC3)OCCN2C(=O)Cn2c(=O)oc3ccccc32)cn1. The van der Waals surface area contributed by atoms with Crippen molar-refractivity contribution in [1.29, 1.82) is 0 Å². The monoisotopic (exact) mass is 439 g/mol. The Bertz CT molecular complexity index is 1140. The number of benzene rings is 1. The molecular weight excluding hydrogens is 410 g/mol. The van der Waals surface area contributed by atoms with E-state index < -0.39 is 5.76 Å². The summed E-state index contributed by atoms with van der Waals surface area (Å²) in [5.74, 6) is -0.643. The first-order valence-corrected chi connectivity index (χ1v) is 11.3. The van der Waals surface area contributed by atoms with Gasteiger partial charge in [-0.25, -0.2) is 4.79 Å². The van der Waals surface area contributed by atoms with Crippen molar-refractivity contribution in [3.05, 3.63) is 52.8 Å². The van der Waals surface area contributed by atoms with E-state index in [4.69, 9.17) is 9.15 Å². The van der Waals surface area contributed by atoms with Crippen LogP contribution in [-0.4, -0.2) is 68.9 Å². The maximum absolute atomic E-state index is 13.5. The van der Waals surface area contributed by atoms with Gasteiger partial charge < -0.3 is 19.0 Å². The van der Waals surface area contributed by atoms with Crippen molar-refractivity contribution >= 4 is 17.0 Å². The first-order chi connectivity index (χ1) is 15.6. The third-order valence-corrected chi connectivity index (χ3v) is 6.49. The number of ether oxygens (including phenoxy) is 1. The number of aryl methyl sites for hydroxylation is 1. The predicted octanol–water partition coefficient (Wildman–Crippen LogP) is 1.78. The summed E-state index contributed by atoms with van der Waals surface area (Å²) in [6, 6.07) is 6.92. The highest BCUT2D eigenvalue weighted by Crippen LogP contribution is 2.31. The highest BCUT2D eigenvalue weighted by molar-refractivity contribution is 5.80. The molecule has 2 saturated heterocycles. The van der Waals surface area contributed by atoms with Gasteiger partial charge in [0.1, 0.15) is 6.54 Å². The first kappa shape index (κ1) is 21.0. The number of carbonyl (C=O) groups excluding carboxylic acids is 1. The Morgan fingerprint density at radius 1 is 1.16 bits per heavy atom. The van der Waals surface area contributed by atoms with Crippen LogP contribution >= 0.6 is 0 Å². The average Bonchev–Trinajstić information content (AvgIpc) is 3.37. The van der Waals surface area contributed by atoms with Gasteiger partial charge in [0, 0.05) is 31.9 Å². The molecule has 5 rings (SSSR count). The fourth-order valence-electron chi connectivity index (χ4n) is 4.94. The quantitative estimate of drug-likeness (QED) is 0.603. The second kappa shape index (κ2) is 8.91. The van der Waals surface area contributed by atoms with Crippen LogP contribution in [0.4, 0.5) is 0 Å². The van der Waals surface area contributed by atoms with Crippen molar-refractivity contribution < 1.29 is 13.9 Å². The van der Waals surface area contributed by atoms with Crippen LogP contribution in [-0.2, 0) is 23.1 Å². The maximum atomic E-state index is 13.5. The molecule has 0 bridgehead atoms. The van der Waals surface area contributed by atoms with Gasteiger partial charge in [0.05, 0.1) is 30.5 Å². The molecule has 1 amide bonds. The number of aromatic nitrogens is 3. The van der Waals surface area contributed by atoms with E-state index >= 15 is 0 Å². The molecule has 0 unspecified atom stereocenters. The Kier molecular flexibility index (Phi) is 5.84. The molecule has 0 aliphatic carbocycles. The van der Waals surface area contributed by atoms with Gasteiger partial charge in [-0.05, 0) is 38.1 Å². The zero-order chi connectivity index (χ0) is 22.1. The zero-order valence-electron chi connectivity index (χ0n) is 18.4. The zero-order valence-corrected chi connectivity index (χ0v) is 18.4. The number of piperidine rings is 1. The van der Waals surface area contributed by atoms with Crippen molar-refractivity contribution in [2.75, 3.05) is 32.8 Å². The Balaban J connectivity index is 1.42. The number of fused-ring (bicyclic) bond motifs is 1. The van der Waals surface area contributed by atoms with Crippen LogP contribution < -0.4 is 5.76 Å². The van der Waals surface area contributed by atoms with Crippen molar-refractivity contribution in [2.24, 2.45) is 7.05 Å². The number of likely N-dealkylation sites (tertiary alicyclic amines) is 1. The normalized spacial score (nSPS) is 22.5. The van der Waals surface area contributed by atoms with Crippen molar-refractivity contribution in [3.63, 3.8) is 0 Å². The van der Waals surface area contributed by atoms with Gasteiger partial charge in [-0.15, -0.1) is 0 Å². The first-order valence-electron chi connectivity index (χ1n) is 11.3. The second-order valence-corrected chi connectivity index (χ2v) is 8.67. The molecular formula is C23H29N5O4. The Labute approximate surface area is 186 Å². The Hall–Kier alpha value is -2.91. The van der Waals surface area contributed by atoms with Crippen LogP contribution in [0.5, 0.6) is 0 Å². The molecule has 9 heteroatoms. The van der Waals surface area contributed by atoms with Gasteiger partial charge in [0.2, 0.25) is 5.91 Å². The van der Waals surface area contributed by atoms with Crippen LogP contribution in [0.15, 0.2) is 45.9 Å². The van der Waals surface area contributed by atoms with E-state index in [1.165, 1.54) is 23.8 Å². The van der Waals surface area contributed by atoms with E-state index in [0.29, 0.717) is 24.3 Å². The number of hydrogen-bond acceptors (Lipinski definition) is 6. The fourth-order valence-corrected chi connectivity index (χ4v) is 4.94. The van der Waals surface area contributed by atoms with Crippen molar-refractivity contribution in [2.45, 2.75) is 38.0 Å². The molecule has 1 aromatic carbocycles. The minimum atomic E-state index is -0.518. The number of rotatable bonds is 5. The lowest BCUT2D eigenvalue weighted by molar-refractivity contribution is -0.149. The van der Waals surface area contributed by atoms with Crippen LogP contribution in [0.25, 0.3) is 11.1 Å². The van der Waals surface area contributed by atoms with Gasteiger partial charge in [-0.3, -0.25) is 14.0 Å². The van der Waals surface area contributed by atoms with Gasteiger partial charge >= 0.3 is 5.76 Å². The standard InChI is InChI=1S/C23H29N5O4/c1-25-14-17(13-24-25)22-20(15-26-9-5-2-6-10-26)31-12-11-27(22)21(29)16-28-18-7-3-4-8-19(18)32-23(28)30/h3-4,7-8,13-14,20,22H,2,5-6,9-12,15-16H2,1H3/t20-,22-/m0/s1. The second-order valence-electron chi connectivity index (χ2n) is 8.67. The van der Waals surface area contributed by atoms with E-state index in [1.54, 1.807) is 16.8 Å². The summed E-state index contributed by atoms with van der Waals surface area (Å²) in [6.45, 7) is 3.77. The molecule has 0 saturated carbocycles. The number of oxazole rings is 1. The molecule has 2 aromatic heterocycles. The lowest BCUT2D eigenvalue weighted by Gasteiger charge is -2.43.